The SMILES string of the molecule is COc1cccc(Cc2nnc(NC(=O)N[C@@H](C(C)(C)C)C(F)(F)F)s2)c1. The van der Waals surface area contributed by atoms with Crippen LogP contribution < -0.4 is 15.4 Å². The maximum atomic E-state index is 13.1. The Morgan fingerprint density at radius 3 is 2.56 bits per heavy atom. The lowest BCUT2D eigenvalue weighted by molar-refractivity contribution is -0.174. The van der Waals surface area contributed by atoms with E-state index in [-0.39, 0.29) is 5.13 Å². The maximum absolute atomic E-state index is 13.1. The summed E-state index contributed by atoms with van der Waals surface area (Å²) in [4.78, 5) is 12.0. The molecule has 0 aliphatic rings. The number of carbonyl (C=O) groups is 1. The fraction of sp³-hybridized carbons (Fsp3) is 0.471. The Morgan fingerprint density at radius 1 is 1.26 bits per heavy atom. The van der Waals surface area contributed by atoms with Crippen LogP contribution in [0.5, 0.6) is 5.75 Å². The van der Waals surface area contributed by atoms with Crippen LogP contribution in [0.3, 0.4) is 0 Å². The predicted octanol–water partition coefficient (Wildman–Crippen LogP) is 4.24. The van der Waals surface area contributed by atoms with Gasteiger partial charge in [-0.05, 0) is 23.1 Å². The standard InChI is InChI=1S/C17H21F3N4O2S/c1-16(2,3)13(17(18,19)20)21-14(25)22-15-24-23-12(27-15)9-10-6-5-7-11(8-10)26-4/h5-8,13H,9H2,1-4H3,(H2,21,22,24,25)/t13-/m0/s1. The van der Waals surface area contributed by atoms with Crippen molar-refractivity contribution in [2.24, 2.45) is 5.41 Å². The van der Waals surface area contributed by atoms with Crippen LogP contribution in [0.25, 0.3) is 0 Å². The van der Waals surface area contributed by atoms with E-state index in [4.69, 9.17) is 4.74 Å². The molecule has 6 nitrogen and oxygen atoms in total. The van der Waals surface area contributed by atoms with Crippen molar-refractivity contribution in [2.45, 2.75) is 39.4 Å². The molecule has 2 aromatic rings. The third-order valence-corrected chi connectivity index (χ3v) is 4.48. The van der Waals surface area contributed by atoms with Gasteiger partial charge < -0.3 is 10.1 Å². The van der Waals surface area contributed by atoms with E-state index in [0.29, 0.717) is 17.2 Å². The van der Waals surface area contributed by atoms with Gasteiger partial charge in [-0.3, -0.25) is 5.32 Å². The normalized spacial score (nSPS) is 13.1. The molecule has 148 valence electrons. The summed E-state index contributed by atoms with van der Waals surface area (Å²) in [6.45, 7) is 4.22. The zero-order chi connectivity index (χ0) is 20.2. The average molecular weight is 402 g/mol. The van der Waals surface area contributed by atoms with Crippen LogP contribution in [0.2, 0.25) is 0 Å². The third kappa shape index (κ3) is 6.09. The van der Waals surface area contributed by atoms with Gasteiger partial charge in [0.1, 0.15) is 16.8 Å². The molecule has 2 rings (SSSR count). The Labute approximate surface area is 159 Å². The molecule has 1 atom stereocenters. The van der Waals surface area contributed by atoms with Crippen molar-refractivity contribution >= 4 is 22.5 Å². The van der Waals surface area contributed by atoms with Gasteiger partial charge >= 0.3 is 12.2 Å². The highest BCUT2D eigenvalue weighted by Crippen LogP contribution is 2.33. The molecule has 0 saturated heterocycles. The largest absolute Gasteiger partial charge is 0.497 e. The van der Waals surface area contributed by atoms with Crippen LogP contribution in [-0.2, 0) is 6.42 Å². The first-order chi connectivity index (χ1) is 12.5. The molecule has 0 spiro atoms. The van der Waals surface area contributed by atoms with Gasteiger partial charge in [-0.15, -0.1) is 10.2 Å². The summed E-state index contributed by atoms with van der Waals surface area (Å²) in [5.74, 6) is 0.704. The van der Waals surface area contributed by atoms with Crippen molar-refractivity contribution in [3.63, 3.8) is 0 Å². The van der Waals surface area contributed by atoms with E-state index in [0.717, 1.165) is 16.9 Å². The molecule has 0 aliphatic carbocycles. The molecular weight excluding hydrogens is 381 g/mol. The molecule has 1 aromatic heterocycles. The lowest BCUT2D eigenvalue weighted by Crippen LogP contribution is -2.54. The van der Waals surface area contributed by atoms with Gasteiger partial charge in [0.25, 0.3) is 0 Å². The minimum absolute atomic E-state index is 0.125. The predicted molar refractivity (Wildman–Crippen MR) is 97.2 cm³/mol. The van der Waals surface area contributed by atoms with Crippen molar-refractivity contribution in [2.75, 3.05) is 12.4 Å². The number of carbonyl (C=O) groups excluding carboxylic acids is 1. The van der Waals surface area contributed by atoms with Gasteiger partial charge in [0.15, 0.2) is 0 Å². The lowest BCUT2D eigenvalue weighted by Gasteiger charge is -2.32. The number of nitrogens with zero attached hydrogens (tertiary/aromatic N) is 2. The van der Waals surface area contributed by atoms with Crippen LogP contribution in [0, 0.1) is 5.41 Å². The summed E-state index contributed by atoms with van der Waals surface area (Å²) in [5, 5.41) is 12.8. The van der Waals surface area contributed by atoms with E-state index in [1.165, 1.54) is 20.8 Å². The number of rotatable bonds is 5. The third-order valence-electron chi connectivity index (χ3n) is 3.65. The molecule has 0 unspecified atom stereocenters. The van der Waals surface area contributed by atoms with Gasteiger partial charge in [0, 0.05) is 6.42 Å². The van der Waals surface area contributed by atoms with E-state index in [1.54, 1.807) is 7.11 Å². The molecule has 0 aliphatic heterocycles. The number of nitrogens with one attached hydrogen (secondary N) is 2. The molecule has 1 heterocycles. The minimum Gasteiger partial charge on any atom is -0.497 e. The number of hydrogen-bond acceptors (Lipinski definition) is 5. The summed E-state index contributed by atoms with van der Waals surface area (Å²) in [5.41, 5.74) is -0.250. The summed E-state index contributed by atoms with van der Waals surface area (Å²) >= 11 is 1.10. The number of aromatic nitrogens is 2. The second-order valence-electron chi connectivity index (χ2n) is 6.97. The second kappa shape index (κ2) is 8.12. The number of anilines is 1. The van der Waals surface area contributed by atoms with Crippen LogP contribution in [0.15, 0.2) is 24.3 Å². The quantitative estimate of drug-likeness (QED) is 0.785. The van der Waals surface area contributed by atoms with E-state index >= 15 is 0 Å². The molecule has 0 bridgehead atoms. The summed E-state index contributed by atoms with van der Waals surface area (Å²) in [6, 6.07) is 4.42. The fourth-order valence-corrected chi connectivity index (χ4v) is 3.16. The molecule has 0 saturated carbocycles. The van der Waals surface area contributed by atoms with Crippen molar-refractivity contribution in [1.82, 2.24) is 15.5 Å². The number of ether oxygens (including phenoxy) is 1. The highest BCUT2D eigenvalue weighted by Gasteiger charge is 2.47. The van der Waals surface area contributed by atoms with E-state index in [9.17, 15) is 18.0 Å². The van der Waals surface area contributed by atoms with E-state index < -0.39 is 23.7 Å². The first kappa shape index (κ1) is 20.9. The molecule has 2 amide bonds. The van der Waals surface area contributed by atoms with Gasteiger partial charge in [-0.25, -0.2) is 4.79 Å². The van der Waals surface area contributed by atoms with E-state index in [1.807, 2.05) is 29.6 Å². The molecule has 1 aromatic carbocycles. The highest BCUT2D eigenvalue weighted by molar-refractivity contribution is 7.15. The zero-order valence-electron chi connectivity index (χ0n) is 15.3. The molecule has 0 radical (unpaired) electrons. The van der Waals surface area contributed by atoms with Crippen molar-refractivity contribution < 1.29 is 22.7 Å². The minimum atomic E-state index is -4.56. The molecular formula is C17H21F3N4O2S. The Balaban J connectivity index is 2.01. The molecule has 10 heteroatoms. The zero-order valence-corrected chi connectivity index (χ0v) is 16.2. The number of hydrogen-bond donors (Lipinski definition) is 2. The first-order valence-electron chi connectivity index (χ1n) is 8.08. The molecule has 0 fully saturated rings. The Kier molecular flexibility index (Phi) is 6.30. The van der Waals surface area contributed by atoms with Crippen molar-refractivity contribution in [3.8, 4) is 5.75 Å². The van der Waals surface area contributed by atoms with Crippen LogP contribution in [0.1, 0.15) is 31.3 Å². The fourth-order valence-electron chi connectivity index (χ4n) is 2.39. The summed E-state index contributed by atoms with van der Waals surface area (Å²) < 4.78 is 44.6. The summed E-state index contributed by atoms with van der Waals surface area (Å²) in [7, 11) is 1.57. The van der Waals surface area contributed by atoms with Gasteiger partial charge in [0.05, 0.1) is 7.11 Å². The van der Waals surface area contributed by atoms with Crippen molar-refractivity contribution in [1.29, 1.82) is 0 Å². The summed E-state index contributed by atoms with van der Waals surface area (Å²) in [6.07, 6.45) is -4.10. The Morgan fingerprint density at radius 2 is 1.96 bits per heavy atom. The van der Waals surface area contributed by atoms with Crippen molar-refractivity contribution in [3.05, 3.63) is 34.8 Å². The van der Waals surface area contributed by atoms with E-state index in [2.05, 4.69) is 15.5 Å². The lowest BCUT2D eigenvalue weighted by atomic mass is 9.86. The molecule has 27 heavy (non-hydrogen) atoms. The molecule has 2 N–H and O–H groups in total. The van der Waals surface area contributed by atoms with Gasteiger partial charge in [-0.2, -0.15) is 13.2 Å². The smallest absolute Gasteiger partial charge is 0.409 e. The first-order valence-corrected chi connectivity index (χ1v) is 8.90. The van der Waals surface area contributed by atoms with Gasteiger partial charge in [-0.1, -0.05) is 44.2 Å². The average Bonchev–Trinajstić information content (AvgIpc) is 2.97. The number of halogens is 3. The van der Waals surface area contributed by atoms with Crippen LogP contribution in [0.4, 0.5) is 23.1 Å². The number of amides is 2. The maximum Gasteiger partial charge on any atom is 0.409 e. The van der Waals surface area contributed by atoms with Crippen LogP contribution >= 0.6 is 11.3 Å². The Hall–Kier alpha value is -2.36. The number of alkyl halides is 3. The van der Waals surface area contributed by atoms with Crippen LogP contribution in [-0.4, -0.2) is 35.6 Å². The number of urea groups is 1. The van der Waals surface area contributed by atoms with Gasteiger partial charge in [0.2, 0.25) is 5.13 Å². The number of methoxy groups -OCH3 is 1. The second-order valence-corrected chi connectivity index (χ2v) is 8.03. The topological polar surface area (TPSA) is 76.1 Å². The monoisotopic (exact) mass is 402 g/mol. The number of benzene rings is 1. The highest BCUT2D eigenvalue weighted by atomic mass is 32.1. The Bertz CT molecular complexity index is 773.